The third-order valence-corrected chi connectivity index (χ3v) is 6.36. The minimum Gasteiger partial charge on any atom is -0.491 e. The fourth-order valence-corrected chi connectivity index (χ4v) is 4.47. The Bertz CT molecular complexity index is 1140. The average Bonchev–Trinajstić information content (AvgIpc) is 2.86. The van der Waals surface area contributed by atoms with Gasteiger partial charge < -0.3 is 14.5 Å². The van der Waals surface area contributed by atoms with E-state index in [1.54, 1.807) is 42.3 Å². The molecule has 1 aliphatic rings. The van der Waals surface area contributed by atoms with E-state index in [0.717, 1.165) is 18.4 Å². The summed E-state index contributed by atoms with van der Waals surface area (Å²) in [6, 6.07) is 24.3. The Morgan fingerprint density at radius 3 is 2.50 bits per heavy atom. The molecule has 0 aliphatic carbocycles. The van der Waals surface area contributed by atoms with Crippen molar-refractivity contribution in [2.75, 3.05) is 26.7 Å². The summed E-state index contributed by atoms with van der Waals surface area (Å²) in [5.41, 5.74) is 2.22. The predicted octanol–water partition coefficient (Wildman–Crippen LogP) is 5.34. The highest BCUT2D eigenvalue weighted by Crippen LogP contribution is 2.23. The molecule has 0 fully saturated rings. The first-order valence-corrected chi connectivity index (χ1v) is 12.0. The van der Waals surface area contributed by atoms with Crippen molar-refractivity contribution >= 4 is 23.4 Å². The summed E-state index contributed by atoms with van der Waals surface area (Å²) in [4.78, 5) is 30.3. The van der Waals surface area contributed by atoms with E-state index in [0.29, 0.717) is 41.4 Å². The summed E-state index contributed by atoms with van der Waals surface area (Å²) in [6.07, 6.45) is 2.21. The quantitative estimate of drug-likeness (QED) is 0.512. The van der Waals surface area contributed by atoms with Crippen LogP contribution in [0.15, 0.2) is 78.9 Å². The van der Waals surface area contributed by atoms with Gasteiger partial charge in [0.25, 0.3) is 11.8 Å². The second-order valence-electron chi connectivity index (χ2n) is 8.59. The Morgan fingerprint density at radius 1 is 0.971 bits per heavy atom. The number of halogens is 1. The largest absolute Gasteiger partial charge is 0.491 e. The molecule has 1 aliphatic heterocycles. The topological polar surface area (TPSA) is 49.9 Å². The molecule has 1 atom stereocenters. The van der Waals surface area contributed by atoms with Crippen LogP contribution in [0.4, 0.5) is 0 Å². The van der Waals surface area contributed by atoms with E-state index in [2.05, 4.69) is 12.1 Å². The van der Waals surface area contributed by atoms with Gasteiger partial charge in [0.1, 0.15) is 12.4 Å². The molecule has 4 rings (SSSR count). The highest BCUT2D eigenvalue weighted by molar-refractivity contribution is 6.30. The molecule has 3 aromatic rings. The molecule has 0 N–H and O–H groups in total. The van der Waals surface area contributed by atoms with Crippen molar-refractivity contribution in [2.45, 2.75) is 25.3 Å². The summed E-state index contributed by atoms with van der Waals surface area (Å²) in [5, 5.41) is 0.533. The van der Waals surface area contributed by atoms with Gasteiger partial charge in [0.2, 0.25) is 0 Å². The molecular formula is C28H29ClN2O3. The van der Waals surface area contributed by atoms with Gasteiger partial charge in [-0.1, -0.05) is 60.1 Å². The van der Waals surface area contributed by atoms with Gasteiger partial charge in [-0.05, 0) is 55.2 Å². The summed E-state index contributed by atoms with van der Waals surface area (Å²) in [6.45, 7) is 1.45. The maximum absolute atomic E-state index is 13.7. The third kappa shape index (κ3) is 5.78. The van der Waals surface area contributed by atoms with Crippen molar-refractivity contribution in [3.05, 3.63) is 101 Å². The van der Waals surface area contributed by atoms with Crippen molar-refractivity contribution in [2.24, 2.45) is 0 Å². The number of fused-ring (bicyclic) bond motifs is 1. The van der Waals surface area contributed by atoms with Crippen LogP contribution in [0.3, 0.4) is 0 Å². The van der Waals surface area contributed by atoms with E-state index in [-0.39, 0.29) is 24.5 Å². The molecule has 0 saturated heterocycles. The SMILES string of the molecule is CN1CCCCN(C(=O)c2cccc(Cl)c2)[C@@H](Cc2ccccc2)COc2ccccc2C1=O. The van der Waals surface area contributed by atoms with Gasteiger partial charge in [-0.3, -0.25) is 9.59 Å². The minimum atomic E-state index is -0.214. The zero-order valence-corrected chi connectivity index (χ0v) is 20.1. The Morgan fingerprint density at radius 2 is 1.71 bits per heavy atom. The Hall–Kier alpha value is -3.31. The Balaban J connectivity index is 1.69. The molecule has 34 heavy (non-hydrogen) atoms. The van der Waals surface area contributed by atoms with Crippen molar-refractivity contribution in [1.29, 1.82) is 0 Å². The lowest BCUT2D eigenvalue weighted by atomic mass is 10.0. The molecule has 0 spiro atoms. The zero-order valence-electron chi connectivity index (χ0n) is 19.3. The van der Waals surface area contributed by atoms with Crippen LogP contribution in [0.5, 0.6) is 5.75 Å². The highest BCUT2D eigenvalue weighted by Gasteiger charge is 2.27. The van der Waals surface area contributed by atoms with E-state index < -0.39 is 0 Å². The first kappa shape index (κ1) is 23.8. The monoisotopic (exact) mass is 476 g/mol. The van der Waals surface area contributed by atoms with Crippen molar-refractivity contribution < 1.29 is 14.3 Å². The van der Waals surface area contributed by atoms with Crippen LogP contribution in [0.2, 0.25) is 5.02 Å². The fraction of sp³-hybridized carbons (Fsp3) is 0.286. The van der Waals surface area contributed by atoms with Gasteiger partial charge in [-0.25, -0.2) is 0 Å². The van der Waals surface area contributed by atoms with Crippen molar-refractivity contribution in [3.63, 3.8) is 0 Å². The van der Waals surface area contributed by atoms with E-state index >= 15 is 0 Å². The molecule has 0 aromatic heterocycles. The number of para-hydroxylation sites is 1. The summed E-state index contributed by atoms with van der Waals surface area (Å²) in [7, 11) is 1.80. The van der Waals surface area contributed by atoms with Gasteiger partial charge in [-0.2, -0.15) is 0 Å². The molecular weight excluding hydrogens is 448 g/mol. The van der Waals surface area contributed by atoms with Crippen molar-refractivity contribution in [3.8, 4) is 5.75 Å². The second-order valence-corrected chi connectivity index (χ2v) is 9.03. The Kier molecular flexibility index (Phi) is 7.86. The lowest BCUT2D eigenvalue weighted by Crippen LogP contribution is -2.46. The van der Waals surface area contributed by atoms with E-state index in [9.17, 15) is 9.59 Å². The number of amides is 2. The molecule has 0 radical (unpaired) electrons. The lowest BCUT2D eigenvalue weighted by molar-refractivity contribution is 0.0590. The maximum Gasteiger partial charge on any atom is 0.257 e. The van der Waals surface area contributed by atoms with Crippen LogP contribution in [-0.2, 0) is 6.42 Å². The zero-order chi connectivity index (χ0) is 23.9. The number of benzene rings is 3. The molecule has 1 heterocycles. The van der Waals surface area contributed by atoms with Gasteiger partial charge in [0.15, 0.2) is 0 Å². The second kappa shape index (κ2) is 11.2. The molecule has 176 valence electrons. The number of carbonyl (C=O) groups excluding carboxylic acids is 2. The summed E-state index contributed by atoms with van der Waals surface area (Å²) >= 11 is 6.19. The predicted molar refractivity (Wildman–Crippen MR) is 135 cm³/mol. The smallest absolute Gasteiger partial charge is 0.257 e. The third-order valence-electron chi connectivity index (χ3n) is 6.13. The summed E-state index contributed by atoms with van der Waals surface area (Å²) < 4.78 is 6.24. The maximum atomic E-state index is 13.7. The molecule has 0 saturated carbocycles. The van der Waals surface area contributed by atoms with Crippen LogP contribution < -0.4 is 4.74 Å². The summed E-state index contributed by atoms with van der Waals surface area (Å²) in [5.74, 6) is 0.414. The Labute approximate surface area is 205 Å². The van der Waals surface area contributed by atoms with Crippen LogP contribution in [0.1, 0.15) is 39.1 Å². The number of ether oxygens (including phenoxy) is 1. The van der Waals surface area contributed by atoms with E-state index in [4.69, 9.17) is 16.3 Å². The number of rotatable bonds is 3. The number of nitrogens with zero attached hydrogens (tertiary/aromatic N) is 2. The average molecular weight is 477 g/mol. The first-order valence-electron chi connectivity index (χ1n) is 11.6. The lowest BCUT2D eigenvalue weighted by Gasteiger charge is -2.33. The number of hydrogen-bond donors (Lipinski definition) is 0. The van der Waals surface area contributed by atoms with Gasteiger partial charge in [-0.15, -0.1) is 0 Å². The fourth-order valence-electron chi connectivity index (χ4n) is 4.28. The molecule has 2 amide bonds. The van der Waals surface area contributed by atoms with Crippen LogP contribution in [0, 0.1) is 0 Å². The van der Waals surface area contributed by atoms with Crippen LogP contribution >= 0.6 is 11.6 Å². The highest BCUT2D eigenvalue weighted by atomic mass is 35.5. The molecule has 6 heteroatoms. The number of hydrogen-bond acceptors (Lipinski definition) is 3. The van der Waals surface area contributed by atoms with E-state index in [1.807, 2.05) is 41.3 Å². The molecule has 3 aromatic carbocycles. The molecule has 0 bridgehead atoms. The molecule has 5 nitrogen and oxygen atoms in total. The van der Waals surface area contributed by atoms with Crippen LogP contribution in [-0.4, -0.2) is 54.4 Å². The first-order chi connectivity index (χ1) is 16.5. The van der Waals surface area contributed by atoms with E-state index in [1.165, 1.54) is 0 Å². The van der Waals surface area contributed by atoms with Crippen molar-refractivity contribution in [1.82, 2.24) is 9.80 Å². The molecule has 0 unspecified atom stereocenters. The standard InChI is InChI=1S/C28H29ClN2O3/c1-30-16-7-8-17-31(27(32)22-12-9-13-23(29)19-22)24(18-21-10-3-2-4-11-21)20-34-26-15-6-5-14-25(26)28(30)33/h2-6,9-15,19,24H,7-8,16-18,20H2,1H3/t24-/m0/s1. The van der Waals surface area contributed by atoms with Gasteiger partial charge in [0.05, 0.1) is 11.6 Å². The number of carbonyl (C=O) groups is 2. The van der Waals surface area contributed by atoms with Gasteiger partial charge in [0, 0.05) is 30.7 Å². The minimum absolute atomic E-state index is 0.0531. The normalized spacial score (nSPS) is 17.2. The van der Waals surface area contributed by atoms with Gasteiger partial charge >= 0.3 is 0 Å². The van der Waals surface area contributed by atoms with Crippen LogP contribution in [0.25, 0.3) is 0 Å².